The Labute approximate surface area is 272 Å². The van der Waals surface area contributed by atoms with Gasteiger partial charge in [0.1, 0.15) is 12.1 Å². The zero-order valence-corrected chi connectivity index (χ0v) is 29.7. The smallest absolute Gasteiger partial charge is 0.373 e. The predicted molar refractivity (Wildman–Crippen MR) is 179 cm³/mol. The van der Waals surface area contributed by atoms with Crippen molar-refractivity contribution in [2.45, 2.75) is 105 Å². The summed E-state index contributed by atoms with van der Waals surface area (Å²) in [4.78, 5) is 37.6. The van der Waals surface area contributed by atoms with Crippen LogP contribution >= 0.6 is 11.6 Å². The largest absolute Gasteiger partial charge is 0.490 e. The molecule has 0 aliphatic carbocycles. The summed E-state index contributed by atoms with van der Waals surface area (Å²) < 4.78 is 16.6. The fourth-order valence-electron chi connectivity index (χ4n) is 4.02. The number of ether oxygens (including phenoxy) is 2. The van der Waals surface area contributed by atoms with E-state index >= 15 is 0 Å². The van der Waals surface area contributed by atoms with Crippen LogP contribution in [0.1, 0.15) is 81.6 Å². The minimum absolute atomic E-state index is 0.000383. The molecule has 44 heavy (non-hydrogen) atoms. The van der Waals surface area contributed by atoms with Gasteiger partial charge in [0.15, 0.2) is 5.76 Å². The van der Waals surface area contributed by atoms with Gasteiger partial charge in [0.2, 0.25) is 21.6 Å². The highest BCUT2D eigenvalue weighted by atomic mass is 35.5. The average molecular weight is 647 g/mol. The van der Waals surface area contributed by atoms with E-state index in [1.807, 2.05) is 65.8 Å². The molecule has 0 spiro atoms. The second-order valence-corrected chi connectivity index (χ2v) is 15.5. The van der Waals surface area contributed by atoms with E-state index in [0.717, 1.165) is 5.57 Å². The van der Waals surface area contributed by atoms with Gasteiger partial charge in [0, 0.05) is 23.4 Å². The van der Waals surface area contributed by atoms with Crippen LogP contribution in [0.25, 0.3) is 0 Å². The molecule has 2 N–H and O–H groups in total. The van der Waals surface area contributed by atoms with Crippen LogP contribution in [0.5, 0.6) is 0 Å². The van der Waals surface area contributed by atoms with E-state index in [2.05, 4.69) is 31.4 Å². The van der Waals surface area contributed by atoms with Gasteiger partial charge in [-0.25, -0.2) is 4.79 Å². The third-order valence-corrected chi connectivity index (χ3v) is 7.61. The lowest BCUT2D eigenvalue weighted by Gasteiger charge is -2.29. The van der Waals surface area contributed by atoms with Crippen LogP contribution in [0, 0.1) is 11.3 Å². The van der Waals surface area contributed by atoms with Crippen LogP contribution < -0.4 is 10.6 Å². The van der Waals surface area contributed by atoms with Crippen molar-refractivity contribution < 1.29 is 28.3 Å². The Bertz CT molecular complexity index is 1150. The first-order chi connectivity index (χ1) is 20.4. The third kappa shape index (κ3) is 16.3. The Balaban J connectivity index is 2.72. The van der Waals surface area contributed by atoms with Crippen molar-refractivity contribution in [2.24, 2.45) is 11.3 Å². The maximum atomic E-state index is 13.0. The lowest BCUT2D eigenvalue weighted by molar-refractivity contribution is -0.151. The van der Waals surface area contributed by atoms with Gasteiger partial charge in [0.25, 0.3) is 0 Å². The highest BCUT2D eigenvalue weighted by molar-refractivity contribution is 6.31. The summed E-state index contributed by atoms with van der Waals surface area (Å²) in [5.74, 6) is -0.902. The van der Waals surface area contributed by atoms with Crippen molar-refractivity contribution in [3.05, 3.63) is 71.2 Å². The Morgan fingerprint density at radius 1 is 1.14 bits per heavy atom. The predicted octanol–water partition coefficient (Wildman–Crippen LogP) is 6.83. The van der Waals surface area contributed by atoms with E-state index in [-0.39, 0.29) is 40.7 Å². The Morgan fingerprint density at radius 2 is 1.80 bits per heavy atom. The number of halogens is 1. The van der Waals surface area contributed by atoms with Gasteiger partial charge in [-0.2, -0.15) is 0 Å². The molecule has 8 nitrogen and oxygen atoms in total. The zero-order valence-electron chi connectivity index (χ0n) is 28.0. The van der Waals surface area contributed by atoms with E-state index in [0.29, 0.717) is 34.1 Å². The molecule has 1 aliphatic heterocycles. The number of carbonyl (C=O) groups excluding carboxylic acids is 3. The fourth-order valence-corrected chi connectivity index (χ4v) is 4.82. The lowest BCUT2D eigenvalue weighted by atomic mass is 9.86. The van der Waals surface area contributed by atoms with Crippen molar-refractivity contribution in [3.8, 4) is 0 Å². The number of cyclic esters (lactones) is 1. The summed E-state index contributed by atoms with van der Waals surface area (Å²) in [5, 5.41) is 6.41. The Morgan fingerprint density at radius 3 is 2.36 bits per heavy atom. The Kier molecular flexibility index (Phi) is 16.7. The highest BCUT2D eigenvalue weighted by Gasteiger charge is 2.32. The number of amides is 2. The highest BCUT2D eigenvalue weighted by Crippen LogP contribution is 2.24. The summed E-state index contributed by atoms with van der Waals surface area (Å²) in [6, 6.07) is -0.752. The molecule has 0 aromatic rings. The molecule has 1 heterocycles. The van der Waals surface area contributed by atoms with Gasteiger partial charge in [-0.1, -0.05) is 102 Å². The minimum Gasteiger partial charge on any atom is -0.490 e. The second kappa shape index (κ2) is 18.8. The molecule has 2 radical (unpaired) electrons. The molecule has 0 fully saturated rings. The molecule has 244 valence electrons. The van der Waals surface area contributed by atoms with Gasteiger partial charge in [-0.15, -0.1) is 0 Å². The number of allylic oxidation sites excluding steroid dienone is 5. The number of methoxy groups -OCH3 is 1. The SMILES string of the molecule is COC1=CCC([C@@H](C)/C=C(C)/C=C\C=C\C(=O)N[C@H](C(=O)N/C=C\C[C@H](C/C=C(\C)Cl)O[Si]C(C)(C)C)C(C)(C)C)OC1=O. The van der Waals surface area contributed by atoms with E-state index in [1.54, 1.807) is 24.4 Å². The van der Waals surface area contributed by atoms with Crippen LogP contribution in [-0.4, -0.2) is 52.9 Å². The van der Waals surface area contributed by atoms with E-state index in [1.165, 1.54) is 13.2 Å². The molecule has 1 unspecified atom stereocenters. The van der Waals surface area contributed by atoms with Gasteiger partial charge < -0.3 is 24.5 Å². The van der Waals surface area contributed by atoms with Gasteiger partial charge >= 0.3 is 5.97 Å². The number of carbonyl (C=O) groups is 3. The number of hydrogen-bond donors (Lipinski definition) is 2. The van der Waals surface area contributed by atoms with E-state index in [4.69, 9.17) is 25.5 Å². The van der Waals surface area contributed by atoms with Crippen molar-refractivity contribution in [2.75, 3.05) is 7.11 Å². The second-order valence-electron chi connectivity index (χ2n) is 13.0. The first-order valence-electron chi connectivity index (χ1n) is 14.9. The fraction of sp³-hybridized carbons (Fsp3) is 0.559. The van der Waals surface area contributed by atoms with Crippen molar-refractivity contribution in [1.82, 2.24) is 10.6 Å². The molecular formula is C34H51ClN2O6Si. The molecule has 0 saturated carbocycles. The summed E-state index contributed by atoms with van der Waals surface area (Å²) in [7, 11) is 1.78. The van der Waals surface area contributed by atoms with Gasteiger partial charge in [0.05, 0.1) is 13.2 Å². The van der Waals surface area contributed by atoms with Crippen LogP contribution in [0.3, 0.4) is 0 Å². The van der Waals surface area contributed by atoms with Crippen LogP contribution in [0.15, 0.2) is 71.2 Å². The molecule has 0 bridgehead atoms. The molecular weight excluding hydrogens is 596 g/mol. The first kappa shape index (κ1) is 39.1. The van der Waals surface area contributed by atoms with Crippen LogP contribution in [0.4, 0.5) is 0 Å². The first-order valence-corrected chi connectivity index (χ1v) is 16.2. The monoisotopic (exact) mass is 646 g/mol. The molecule has 1 rings (SSSR count). The molecule has 0 saturated heterocycles. The number of nitrogens with one attached hydrogen (secondary N) is 2. The van der Waals surface area contributed by atoms with Crippen LogP contribution in [-0.2, 0) is 28.3 Å². The lowest BCUT2D eigenvalue weighted by Crippen LogP contribution is -2.52. The molecule has 4 atom stereocenters. The van der Waals surface area contributed by atoms with Gasteiger partial charge in [-0.3, -0.25) is 9.59 Å². The standard InChI is InChI=1S/C34H51ClN2O6Si/c1-23(22-24(2)27-19-20-28(41-10)32(40)42-27)14-11-12-16-29(38)37-30(33(4,5)6)31(39)36-21-13-15-26(18-17-25(3)35)43-44-34(7,8)9/h11-14,16-17,20-22,24,26-27,30H,15,18-19H2,1-10H3,(H,36,39)(H,37,38)/b14-11-,16-12+,21-13-,23-22+,25-17+/t24-,26+,27?,30+/m0/s1. The van der Waals surface area contributed by atoms with Crippen molar-refractivity contribution in [1.29, 1.82) is 0 Å². The quantitative estimate of drug-likeness (QED) is 0.0875. The number of esters is 1. The summed E-state index contributed by atoms with van der Waals surface area (Å²) >= 11 is 6.01. The normalized spacial score (nSPS) is 19.1. The summed E-state index contributed by atoms with van der Waals surface area (Å²) in [6.07, 6.45) is 17.3. The maximum absolute atomic E-state index is 13.0. The molecule has 1 aliphatic rings. The molecule has 10 heteroatoms. The topological polar surface area (TPSA) is 103 Å². The molecule has 2 amide bonds. The van der Waals surface area contributed by atoms with Crippen molar-refractivity contribution in [3.63, 3.8) is 0 Å². The summed E-state index contributed by atoms with van der Waals surface area (Å²) in [6.45, 7) is 17.8. The molecule has 0 aromatic heterocycles. The van der Waals surface area contributed by atoms with Crippen LogP contribution in [0.2, 0.25) is 5.04 Å². The summed E-state index contributed by atoms with van der Waals surface area (Å²) in [5.41, 5.74) is 0.440. The number of hydrogen-bond acceptors (Lipinski definition) is 6. The minimum atomic E-state index is -0.752. The molecule has 0 aromatic carbocycles. The third-order valence-electron chi connectivity index (χ3n) is 6.40. The van der Waals surface area contributed by atoms with E-state index in [9.17, 15) is 14.4 Å². The van der Waals surface area contributed by atoms with Crippen molar-refractivity contribution >= 4 is 39.1 Å². The maximum Gasteiger partial charge on any atom is 0.373 e. The zero-order chi connectivity index (χ0) is 33.5. The number of rotatable bonds is 15. The van der Waals surface area contributed by atoms with Gasteiger partial charge in [-0.05, 0) is 49.4 Å². The average Bonchev–Trinajstić information content (AvgIpc) is 2.91. The Hall–Kier alpha value is -2.88. The van der Waals surface area contributed by atoms with E-state index < -0.39 is 17.4 Å².